The molecule has 1 atom stereocenters. The van der Waals surface area contributed by atoms with Crippen molar-refractivity contribution in [2.45, 2.75) is 59.0 Å². The number of ether oxygens (including phenoxy) is 1. The fraction of sp³-hybridized carbons (Fsp3) is 1.00. The first-order valence-corrected chi connectivity index (χ1v) is 6.53. The van der Waals surface area contributed by atoms with Crippen molar-refractivity contribution >= 4 is 0 Å². The molecular formula is C13H29NO. The molecular weight excluding hydrogens is 186 g/mol. The molecule has 0 bridgehead atoms. The van der Waals surface area contributed by atoms with Crippen LogP contribution in [0.2, 0.25) is 0 Å². The zero-order valence-corrected chi connectivity index (χ0v) is 11.1. The minimum atomic E-state index is 0.487. The molecule has 0 fully saturated rings. The molecule has 0 aliphatic rings. The van der Waals surface area contributed by atoms with Gasteiger partial charge in [-0.25, -0.2) is 0 Å². The highest BCUT2D eigenvalue weighted by molar-refractivity contribution is 4.60. The fourth-order valence-corrected chi connectivity index (χ4v) is 1.89. The monoisotopic (exact) mass is 215 g/mol. The first kappa shape index (κ1) is 14.9. The summed E-state index contributed by atoms with van der Waals surface area (Å²) in [5, 5.41) is 0. The van der Waals surface area contributed by atoms with Crippen molar-refractivity contribution in [2.24, 2.45) is 0 Å². The quantitative estimate of drug-likeness (QED) is 0.554. The Labute approximate surface area is 96.0 Å². The minimum Gasteiger partial charge on any atom is -0.381 e. The zero-order valence-electron chi connectivity index (χ0n) is 11.1. The topological polar surface area (TPSA) is 12.5 Å². The molecule has 15 heavy (non-hydrogen) atoms. The zero-order chi connectivity index (χ0) is 11.5. The third kappa shape index (κ3) is 7.80. The summed E-state index contributed by atoms with van der Waals surface area (Å²) in [6.45, 7) is 10.3. The van der Waals surface area contributed by atoms with Crippen LogP contribution in [-0.2, 0) is 4.74 Å². The van der Waals surface area contributed by atoms with Crippen LogP contribution in [0.4, 0.5) is 0 Å². The summed E-state index contributed by atoms with van der Waals surface area (Å²) >= 11 is 0. The Balaban J connectivity index is 3.52. The second-order valence-electron chi connectivity index (χ2n) is 4.17. The lowest BCUT2D eigenvalue weighted by molar-refractivity contribution is 0.0813. The third-order valence-corrected chi connectivity index (χ3v) is 3.11. The molecule has 0 aromatic heterocycles. The van der Waals surface area contributed by atoms with Crippen LogP contribution in [0.3, 0.4) is 0 Å². The smallest absolute Gasteiger partial charge is 0.0571 e. The molecule has 0 saturated heterocycles. The van der Waals surface area contributed by atoms with E-state index in [-0.39, 0.29) is 0 Å². The molecule has 0 aliphatic heterocycles. The largest absolute Gasteiger partial charge is 0.381 e. The normalized spacial score (nSPS) is 13.4. The summed E-state index contributed by atoms with van der Waals surface area (Å²) in [5.74, 6) is 0. The van der Waals surface area contributed by atoms with E-state index in [4.69, 9.17) is 4.74 Å². The highest BCUT2D eigenvalue weighted by Gasteiger charge is 2.07. The highest BCUT2D eigenvalue weighted by Crippen LogP contribution is 2.10. The van der Waals surface area contributed by atoms with E-state index in [2.05, 4.69) is 25.7 Å². The highest BCUT2D eigenvalue weighted by atomic mass is 16.5. The summed E-state index contributed by atoms with van der Waals surface area (Å²) in [6.07, 6.45) is 6.77. The van der Waals surface area contributed by atoms with Crippen LogP contribution in [0.1, 0.15) is 52.9 Å². The van der Waals surface area contributed by atoms with Gasteiger partial charge in [0.15, 0.2) is 0 Å². The first-order valence-electron chi connectivity index (χ1n) is 6.53. The fourth-order valence-electron chi connectivity index (χ4n) is 1.89. The lowest BCUT2D eigenvalue weighted by Crippen LogP contribution is -2.25. The molecule has 0 rings (SSSR count). The maximum Gasteiger partial charge on any atom is 0.0571 e. The Kier molecular flexibility index (Phi) is 10.4. The van der Waals surface area contributed by atoms with E-state index in [9.17, 15) is 0 Å². The molecule has 2 nitrogen and oxygen atoms in total. The molecule has 0 N–H and O–H groups in total. The number of hydrogen-bond acceptors (Lipinski definition) is 2. The SMILES string of the molecule is CCCC[C@H](CCCN(CC)CC)OC. The van der Waals surface area contributed by atoms with Crippen molar-refractivity contribution < 1.29 is 4.74 Å². The van der Waals surface area contributed by atoms with Gasteiger partial charge in [-0.05, 0) is 38.9 Å². The van der Waals surface area contributed by atoms with Gasteiger partial charge >= 0.3 is 0 Å². The van der Waals surface area contributed by atoms with Gasteiger partial charge in [0, 0.05) is 7.11 Å². The van der Waals surface area contributed by atoms with Gasteiger partial charge in [-0.2, -0.15) is 0 Å². The van der Waals surface area contributed by atoms with Crippen LogP contribution >= 0.6 is 0 Å². The van der Waals surface area contributed by atoms with E-state index in [1.54, 1.807) is 0 Å². The van der Waals surface area contributed by atoms with Crippen LogP contribution in [0, 0.1) is 0 Å². The van der Waals surface area contributed by atoms with Crippen molar-refractivity contribution in [1.82, 2.24) is 4.90 Å². The molecule has 0 aromatic carbocycles. The molecule has 0 aliphatic carbocycles. The van der Waals surface area contributed by atoms with E-state index in [1.165, 1.54) is 51.7 Å². The number of hydrogen-bond donors (Lipinski definition) is 0. The summed E-state index contributed by atoms with van der Waals surface area (Å²) < 4.78 is 5.48. The Morgan fingerprint density at radius 3 is 2.07 bits per heavy atom. The summed E-state index contributed by atoms with van der Waals surface area (Å²) in [5.41, 5.74) is 0. The van der Waals surface area contributed by atoms with Gasteiger partial charge < -0.3 is 9.64 Å². The van der Waals surface area contributed by atoms with Gasteiger partial charge in [0.2, 0.25) is 0 Å². The third-order valence-electron chi connectivity index (χ3n) is 3.11. The van der Waals surface area contributed by atoms with Gasteiger partial charge in [-0.1, -0.05) is 33.6 Å². The van der Waals surface area contributed by atoms with Crippen LogP contribution in [0.5, 0.6) is 0 Å². The lowest BCUT2D eigenvalue weighted by atomic mass is 10.1. The van der Waals surface area contributed by atoms with Crippen molar-refractivity contribution in [3.05, 3.63) is 0 Å². The van der Waals surface area contributed by atoms with E-state index >= 15 is 0 Å². The van der Waals surface area contributed by atoms with E-state index < -0.39 is 0 Å². The second kappa shape index (κ2) is 10.4. The number of rotatable bonds is 10. The maximum absolute atomic E-state index is 5.48. The molecule has 92 valence electrons. The average molecular weight is 215 g/mol. The van der Waals surface area contributed by atoms with Crippen molar-refractivity contribution in [3.8, 4) is 0 Å². The number of unbranched alkanes of at least 4 members (excludes halogenated alkanes) is 1. The first-order chi connectivity index (χ1) is 7.28. The summed E-state index contributed by atoms with van der Waals surface area (Å²) in [6, 6.07) is 0. The predicted molar refractivity (Wildman–Crippen MR) is 67.3 cm³/mol. The van der Waals surface area contributed by atoms with Gasteiger partial charge in [-0.15, -0.1) is 0 Å². The van der Waals surface area contributed by atoms with Gasteiger partial charge in [0.05, 0.1) is 6.10 Å². The molecule has 0 aromatic rings. The Hall–Kier alpha value is -0.0800. The molecule has 0 amide bonds. The summed E-state index contributed by atoms with van der Waals surface area (Å²) in [4.78, 5) is 2.48. The van der Waals surface area contributed by atoms with E-state index in [0.717, 1.165) is 0 Å². The number of nitrogens with zero attached hydrogens (tertiary/aromatic N) is 1. The van der Waals surface area contributed by atoms with Crippen molar-refractivity contribution in [1.29, 1.82) is 0 Å². The predicted octanol–water partition coefficient (Wildman–Crippen LogP) is 3.31. The standard InChI is InChI=1S/C13H29NO/c1-5-8-10-13(15-4)11-9-12-14(6-2)7-3/h13H,5-12H2,1-4H3/t13-/m1/s1. The molecule has 0 radical (unpaired) electrons. The van der Waals surface area contributed by atoms with Gasteiger partial charge in [-0.3, -0.25) is 0 Å². The minimum absolute atomic E-state index is 0.487. The number of methoxy groups -OCH3 is 1. The molecule has 0 unspecified atom stereocenters. The maximum atomic E-state index is 5.48. The van der Waals surface area contributed by atoms with Crippen LogP contribution < -0.4 is 0 Å². The van der Waals surface area contributed by atoms with Gasteiger partial charge in [0.25, 0.3) is 0 Å². The van der Waals surface area contributed by atoms with Gasteiger partial charge in [0.1, 0.15) is 0 Å². The second-order valence-corrected chi connectivity index (χ2v) is 4.17. The Morgan fingerprint density at radius 1 is 1.00 bits per heavy atom. The lowest BCUT2D eigenvalue weighted by Gasteiger charge is -2.20. The molecule has 0 saturated carbocycles. The van der Waals surface area contributed by atoms with E-state index in [0.29, 0.717) is 6.10 Å². The van der Waals surface area contributed by atoms with E-state index in [1.807, 2.05) is 7.11 Å². The molecule has 0 spiro atoms. The van der Waals surface area contributed by atoms with Crippen LogP contribution in [-0.4, -0.2) is 37.7 Å². The Morgan fingerprint density at radius 2 is 1.60 bits per heavy atom. The molecule has 2 heteroatoms. The summed E-state index contributed by atoms with van der Waals surface area (Å²) in [7, 11) is 1.84. The Bertz CT molecular complexity index is 124. The molecule has 0 heterocycles. The van der Waals surface area contributed by atoms with Crippen molar-refractivity contribution in [3.63, 3.8) is 0 Å². The van der Waals surface area contributed by atoms with Crippen molar-refractivity contribution in [2.75, 3.05) is 26.7 Å². The average Bonchev–Trinajstić information content (AvgIpc) is 2.28. The van der Waals surface area contributed by atoms with Crippen LogP contribution in [0.15, 0.2) is 0 Å². The van der Waals surface area contributed by atoms with Crippen LogP contribution in [0.25, 0.3) is 0 Å².